The van der Waals surface area contributed by atoms with Crippen molar-refractivity contribution in [3.8, 4) is 0 Å². The number of rotatable bonds is 7. The van der Waals surface area contributed by atoms with Gasteiger partial charge in [-0.05, 0) is 24.6 Å². The van der Waals surface area contributed by atoms with Crippen molar-refractivity contribution in [3.63, 3.8) is 0 Å². The molecular formula is C24H27N5O4. The molecule has 0 radical (unpaired) electrons. The quantitative estimate of drug-likeness (QED) is 0.311. The number of carbonyl (C=O) groups excluding carboxylic acids is 1. The lowest BCUT2D eigenvalue weighted by Gasteiger charge is -2.36. The summed E-state index contributed by atoms with van der Waals surface area (Å²) in [7, 11) is 0. The van der Waals surface area contributed by atoms with E-state index in [0.29, 0.717) is 49.2 Å². The molecule has 0 aliphatic carbocycles. The standard InChI is InChI=1S/C24H27N5O4/c1-2-3-6-13-28-23(30)21-8-5-4-7-20(21)22(25-28)24(31)27-16-14-26(15-17-27)18-9-11-19(12-10-18)29(32)33/h4-5,7-12H,2-3,6,13-17H2,1H3. The lowest BCUT2D eigenvalue weighted by Crippen LogP contribution is -2.49. The molecule has 33 heavy (non-hydrogen) atoms. The van der Waals surface area contributed by atoms with Crippen LogP contribution >= 0.6 is 0 Å². The number of anilines is 1. The first-order chi connectivity index (χ1) is 16.0. The first-order valence-electron chi connectivity index (χ1n) is 11.3. The van der Waals surface area contributed by atoms with Gasteiger partial charge in [-0.25, -0.2) is 4.68 Å². The highest BCUT2D eigenvalue weighted by Crippen LogP contribution is 2.22. The van der Waals surface area contributed by atoms with Gasteiger partial charge in [0.2, 0.25) is 0 Å². The van der Waals surface area contributed by atoms with Crippen molar-refractivity contribution in [2.45, 2.75) is 32.7 Å². The van der Waals surface area contributed by atoms with E-state index in [4.69, 9.17) is 0 Å². The number of nitro groups is 1. The summed E-state index contributed by atoms with van der Waals surface area (Å²) in [5, 5.41) is 16.5. The Labute approximate surface area is 191 Å². The second-order valence-corrected chi connectivity index (χ2v) is 8.18. The van der Waals surface area contributed by atoms with Crippen LogP contribution in [-0.2, 0) is 6.54 Å². The van der Waals surface area contributed by atoms with E-state index in [1.165, 1.54) is 16.8 Å². The summed E-state index contributed by atoms with van der Waals surface area (Å²) < 4.78 is 1.43. The topological polar surface area (TPSA) is 102 Å². The van der Waals surface area contributed by atoms with Gasteiger partial charge < -0.3 is 9.80 Å². The van der Waals surface area contributed by atoms with Crippen LogP contribution in [0.5, 0.6) is 0 Å². The fraction of sp³-hybridized carbons (Fsp3) is 0.375. The van der Waals surface area contributed by atoms with Gasteiger partial charge in [-0.15, -0.1) is 0 Å². The number of piperazine rings is 1. The molecule has 4 rings (SSSR count). The number of hydrogen-bond donors (Lipinski definition) is 0. The predicted octanol–water partition coefficient (Wildman–Crippen LogP) is 3.46. The minimum Gasteiger partial charge on any atom is -0.368 e. The zero-order chi connectivity index (χ0) is 23.4. The van der Waals surface area contributed by atoms with Crippen LogP contribution in [0.1, 0.15) is 36.7 Å². The Balaban J connectivity index is 1.53. The number of benzene rings is 2. The summed E-state index contributed by atoms with van der Waals surface area (Å²) in [6.07, 6.45) is 2.87. The van der Waals surface area contributed by atoms with Gasteiger partial charge in [0.1, 0.15) is 0 Å². The Morgan fingerprint density at radius 3 is 2.30 bits per heavy atom. The van der Waals surface area contributed by atoms with Gasteiger partial charge in [-0.1, -0.05) is 38.0 Å². The lowest BCUT2D eigenvalue weighted by atomic mass is 10.1. The van der Waals surface area contributed by atoms with Crippen molar-refractivity contribution < 1.29 is 9.72 Å². The van der Waals surface area contributed by atoms with Crippen LogP contribution in [0, 0.1) is 10.1 Å². The van der Waals surface area contributed by atoms with E-state index in [1.807, 2.05) is 6.07 Å². The van der Waals surface area contributed by atoms with Gasteiger partial charge in [-0.2, -0.15) is 5.10 Å². The number of nitro benzene ring substituents is 1. The fourth-order valence-corrected chi connectivity index (χ4v) is 4.16. The minimum absolute atomic E-state index is 0.0552. The maximum atomic E-state index is 13.4. The molecule has 1 amide bonds. The number of amides is 1. The molecule has 3 aromatic rings. The van der Waals surface area contributed by atoms with Crippen LogP contribution in [0.2, 0.25) is 0 Å². The molecule has 0 spiro atoms. The van der Waals surface area contributed by atoms with E-state index in [0.717, 1.165) is 24.9 Å². The van der Waals surface area contributed by atoms with Gasteiger partial charge in [0.15, 0.2) is 5.69 Å². The van der Waals surface area contributed by atoms with Crippen LogP contribution in [0.3, 0.4) is 0 Å². The van der Waals surface area contributed by atoms with Crippen molar-refractivity contribution >= 4 is 28.1 Å². The number of aromatic nitrogens is 2. The third kappa shape index (κ3) is 4.72. The number of non-ortho nitro benzene ring substituents is 1. The molecule has 0 saturated carbocycles. The third-order valence-electron chi connectivity index (χ3n) is 6.04. The van der Waals surface area contributed by atoms with E-state index in [2.05, 4.69) is 16.9 Å². The zero-order valence-corrected chi connectivity index (χ0v) is 18.6. The molecule has 1 fully saturated rings. The van der Waals surface area contributed by atoms with Crippen molar-refractivity contribution in [2.75, 3.05) is 31.1 Å². The number of aryl methyl sites for hydroxylation is 1. The first-order valence-corrected chi connectivity index (χ1v) is 11.3. The van der Waals surface area contributed by atoms with E-state index >= 15 is 0 Å². The summed E-state index contributed by atoms with van der Waals surface area (Å²) >= 11 is 0. The first kappa shape index (κ1) is 22.4. The maximum Gasteiger partial charge on any atom is 0.275 e. The second kappa shape index (κ2) is 9.81. The van der Waals surface area contributed by atoms with Crippen LogP contribution in [0.4, 0.5) is 11.4 Å². The Bertz CT molecular complexity index is 1210. The highest BCUT2D eigenvalue weighted by Gasteiger charge is 2.26. The van der Waals surface area contributed by atoms with Gasteiger partial charge in [0.25, 0.3) is 17.2 Å². The van der Waals surface area contributed by atoms with Gasteiger partial charge in [-0.3, -0.25) is 19.7 Å². The van der Waals surface area contributed by atoms with E-state index < -0.39 is 4.92 Å². The molecule has 9 heteroatoms. The van der Waals surface area contributed by atoms with E-state index in [1.54, 1.807) is 35.2 Å². The molecular weight excluding hydrogens is 422 g/mol. The van der Waals surface area contributed by atoms with Crippen molar-refractivity contribution in [1.29, 1.82) is 0 Å². The maximum absolute atomic E-state index is 13.4. The Morgan fingerprint density at radius 1 is 1.00 bits per heavy atom. The fourth-order valence-electron chi connectivity index (χ4n) is 4.16. The molecule has 172 valence electrons. The summed E-state index contributed by atoms with van der Waals surface area (Å²) in [5.41, 5.74) is 1.09. The summed E-state index contributed by atoms with van der Waals surface area (Å²) in [6.45, 7) is 4.81. The normalized spacial score (nSPS) is 14.0. The average molecular weight is 450 g/mol. The summed E-state index contributed by atoms with van der Waals surface area (Å²) in [5.74, 6) is -0.182. The Hall–Kier alpha value is -3.75. The predicted molar refractivity (Wildman–Crippen MR) is 127 cm³/mol. The Kier molecular flexibility index (Phi) is 6.67. The average Bonchev–Trinajstić information content (AvgIpc) is 2.85. The third-order valence-corrected chi connectivity index (χ3v) is 6.04. The van der Waals surface area contributed by atoms with Crippen LogP contribution in [0.15, 0.2) is 53.3 Å². The summed E-state index contributed by atoms with van der Waals surface area (Å²) in [6, 6.07) is 13.6. The molecule has 0 atom stereocenters. The molecule has 2 heterocycles. The highest BCUT2D eigenvalue weighted by molar-refractivity contribution is 6.04. The smallest absolute Gasteiger partial charge is 0.275 e. The monoisotopic (exact) mass is 449 g/mol. The minimum atomic E-state index is -0.417. The number of hydrogen-bond acceptors (Lipinski definition) is 6. The van der Waals surface area contributed by atoms with E-state index in [9.17, 15) is 19.7 Å². The van der Waals surface area contributed by atoms with Crippen LogP contribution in [0.25, 0.3) is 10.8 Å². The van der Waals surface area contributed by atoms with E-state index in [-0.39, 0.29) is 17.2 Å². The molecule has 0 N–H and O–H groups in total. The molecule has 1 aliphatic rings. The van der Waals surface area contributed by atoms with Crippen molar-refractivity contribution in [2.24, 2.45) is 0 Å². The SMILES string of the molecule is CCCCCn1nc(C(=O)N2CCN(c3ccc([N+](=O)[O-])cc3)CC2)c2ccccc2c1=O. The zero-order valence-electron chi connectivity index (χ0n) is 18.6. The van der Waals surface area contributed by atoms with Crippen LogP contribution in [-0.4, -0.2) is 51.7 Å². The highest BCUT2D eigenvalue weighted by atomic mass is 16.6. The molecule has 2 aromatic carbocycles. The molecule has 1 aliphatic heterocycles. The Morgan fingerprint density at radius 2 is 1.67 bits per heavy atom. The number of unbranched alkanes of at least 4 members (excludes halogenated alkanes) is 2. The molecule has 0 unspecified atom stereocenters. The van der Waals surface area contributed by atoms with Gasteiger partial charge in [0, 0.05) is 55.9 Å². The number of nitrogens with zero attached hydrogens (tertiary/aromatic N) is 5. The molecule has 1 saturated heterocycles. The number of carbonyl (C=O) groups is 1. The van der Waals surface area contributed by atoms with Gasteiger partial charge >= 0.3 is 0 Å². The number of fused-ring (bicyclic) bond motifs is 1. The van der Waals surface area contributed by atoms with Crippen molar-refractivity contribution in [3.05, 3.63) is 74.7 Å². The van der Waals surface area contributed by atoms with Crippen molar-refractivity contribution in [1.82, 2.24) is 14.7 Å². The van der Waals surface area contributed by atoms with Gasteiger partial charge in [0.05, 0.1) is 10.3 Å². The molecule has 0 bridgehead atoms. The lowest BCUT2D eigenvalue weighted by molar-refractivity contribution is -0.384. The second-order valence-electron chi connectivity index (χ2n) is 8.18. The molecule has 1 aromatic heterocycles. The molecule has 9 nitrogen and oxygen atoms in total. The largest absolute Gasteiger partial charge is 0.368 e. The van der Waals surface area contributed by atoms with Crippen LogP contribution < -0.4 is 10.5 Å². The summed E-state index contributed by atoms with van der Waals surface area (Å²) in [4.78, 5) is 40.6.